The molecule has 2 heterocycles. The van der Waals surface area contributed by atoms with E-state index in [0.717, 1.165) is 51.9 Å². The second-order valence-electron chi connectivity index (χ2n) is 7.53. The fourth-order valence-electron chi connectivity index (χ4n) is 4.12. The van der Waals surface area contributed by atoms with Crippen LogP contribution in [0.3, 0.4) is 0 Å². The van der Waals surface area contributed by atoms with Crippen LogP contribution in [0.1, 0.15) is 39.5 Å². The Kier molecular flexibility index (Phi) is 4.44. The summed E-state index contributed by atoms with van der Waals surface area (Å²) in [5.41, 5.74) is 0.308. The Labute approximate surface area is 133 Å². The van der Waals surface area contributed by atoms with Crippen molar-refractivity contribution in [3.63, 3.8) is 0 Å². The zero-order chi connectivity index (χ0) is 15.7. The molecule has 1 spiro atoms. The lowest BCUT2D eigenvalue weighted by molar-refractivity contribution is -0.136. The second kappa shape index (κ2) is 6.19. The van der Waals surface area contributed by atoms with Crippen molar-refractivity contribution in [3.8, 4) is 0 Å². The molecule has 5 nitrogen and oxygen atoms in total. The second-order valence-corrected chi connectivity index (χ2v) is 7.53. The van der Waals surface area contributed by atoms with Crippen molar-refractivity contribution >= 4 is 11.8 Å². The summed E-state index contributed by atoms with van der Waals surface area (Å²) in [4.78, 5) is 28.9. The molecule has 1 atom stereocenters. The molecule has 3 aliphatic rings. The van der Waals surface area contributed by atoms with Gasteiger partial charge in [0.2, 0.25) is 11.8 Å². The van der Waals surface area contributed by atoms with E-state index in [2.05, 4.69) is 5.32 Å². The lowest BCUT2D eigenvalue weighted by atomic mass is 9.91. The van der Waals surface area contributed by atoms with Gasteiger partial charge in [0.05, 0.1) is 0 Å². The van der Waals surface area contributed by atoms with E-state index in [1.54, 1.807) is 0 Å². The highest BCUT2D eigenvalue weighted by Crippen LogP contribution is 2.59. The van der Waals surface area contributed by atoms with Gasteiger partial charge < -0.3 is 15.1 Å². The van der Waals surface area contributed by atoms with Gasteiger partial charge in [0, 0.05) is 38.0 Å². The SMILES string of the molecule is CC(C)C(=O)N1CCCN(C(=O)C2CC23CCNCC3)CC1. The first-order chi connectivity index (χ1) is 10.5. The van der Waals surface area contributed by atoms with E-state index in [0.29, 0.717) is 24.4 Å². The predicted molar refractivity (Wildman–Crippen MR) is 85.3 cm³/mol. The third-order valence-corrected chi connectivity index (χ3v) is 5.70. The molecule has 0 aromatic carbocycles. The summed E-state index contributed by atoms with van der Waals surface area (Å²) in [6.45, 7) is 9.02. The van der Waals surface area contributed by atoms with Gasteiger partial charge in [-0.15, -0.1) is 0 Å². The van der Waals surface area contributed by atoms with E-state index in [1.165, 1.54) is 0 Å². The van der Waals surface area contributed by atoms with Gasteiger partial charge in [0.1, 0.15) is 0 Å². The van der Waals surface area contributed by atoms with Crippen LogP contribution in [0.15, 0.2) is 0 Å². The van der Waals surface area contributed by atoms with Crippen LogP contribution in [0, 0.1) is 17.3 Å². The number of rotatable bonds is 2. The van der Waals surface area contributed by atoms with Crippen LogP contribution in [0.25, 0.3) is 0 Å². The summed E-state index contributed by atoms with van der Waals surface area (Å²) >= 11 is 0. The molecule has 1 N–H and O–H groups in total. The Morgan fingerprint density at radius 2 is 1.68 bits per heavy atom. The molecule has 3 rings (SSSR count). The average Bonchev–Trinajstić information content (AvgIpc) is 3.25. The van der Waals surface area contributed by atoms with Crippen LogP contribution < -0.4 is 5.32 Å². The molecule has 0 bridgehead atoms. The van der Waals surface area contributed by atoms with Crippen LogP contribution in [-0.4, -0.2) is 60.9 Å². The maximum absolute atomic E-state index is 12.8. The predicted octanol–water partition coefficient (Wildman–Crippen LogP) is 1.09. The molecule has 1 aliphatic carbocycles. The number of amides is 2. The Balaban J connectivity index is 1.55. The van der Waals surface area contributed by atoms with Gasteiger partial charge in [-0.25, -0.2) is 0 Å². The fourth-order valence-corrected chi connectivity index (χ4v) is 4.12. The summed E-state index contributed by atoms with van der Waals surface area (Å²) in [7, 11) is 0. The van der Waals surface area contributed by atoms with Gasteiger partial charge in [0.15, 0.2) is 0 Å². The van der Waals surface area contributed by atoms with Crippen LogP contribution in [-0.2, 0) is 9.59 Å². The van der Waals surface area contributed by atoms with Gasteiger partial charge in [-0.2, -0.15) is 0 Å². The van der Waals surface area contributed by atoms with E-state index in [1.807, 2.05) is 23.6 Å². The molecule has 5 heteroatoms. The minimum atomic E-state index is 0.0451. The molecule has 2 aliphatic heterocycles. The summed E-state index contributed by atoms with van der Waals surface area (Å²) in [6.07, 6.45) is 4.29. The monoisotopic (exact) mass is 307 g/mol. The quantitative estimate of drug-likeness (QED) is 0.831. The Morgan fingerprint density at radius 3 is 2.36 bits per heavy atom. The Bertz CT molecular complexity index is 443. The van der Waals surface area contributed by atoms with Crippen LogP contribution in [0.2, 0.25) is 0 Å². The van der Waals surface area contributed by atoms with Gasteiger partial charge in [0.25, 0.3) is 0 Å². The molecule has 22 heavy (non-hydrogen) atoms. The molecule has 124 valence electrons. The maximum Gasteiger partial charge on any atom is 0.226 e. The Morgan fingerprint density at radius 1 is 1.05 bits per heavy atom. The summed E-state index contributed by atoms with van der Waals surface area (Å²) < 4.78 is 0. The van der Waals surface area contributed by atoms with E-state index in [4.69, 9.17) is 0 Å². The largest absolute Gasteiger partial charge is 0.341 e. The number of nitrogens with zero attached hydrogens (tertiary/aromatic N) is 2. The van der Waals surface area contributed by atoms with Crippen molar-refractivity contribution in [2.75, 3.05) is 39.3 Å². The number of carbonyl (C=O) groups excluding carboxylic acids is 2. The molecule has 0 aromatic heterocycles. The number of carbonyl (C=O) groups is 2. The number of nitrogens with one attached hydrogen (secondary N) is 1. The van der Waals surface area contributed by atoms with Gasteiger partial charge >= 0.3 is 0 Å². The number of hydrogen-bond acceptors (Lipinski definition) is 3. The lowest BCUT2D eigenvalue weighted by Gasteiger charge is -2.26. The fraction of sp³-hybridized carbons (Fsp3) is 0.882. The molecular formula is C17H29N3O2. The normalized spacial score (nSPS) is 27.9. The van der Waals surface area contributed by atoms with Gasteiger partial charge in [-0.3, -0.25) is 9.59 Å². The van der Waals surface area contributed by atoms with Crippen LogP contribution in [0.4, 0.5) is 0 Å². The number of hydrogen-bond donors (Lipinski definition) is 1. The molecule has 3 fully saturated rings. The van der Waals surface area contributed by atoms with Crippen molar-refractivity contribution in [2.45, 2.75) is 39.5 Å². The highest BCUT2D eigenvalue weighted by atomic mass is 16.2. The van der Waals surface area contributed by atoms with E-state index >= 15 is 0 Å². The molecule has 0 radical (unpaired) electrons. The van der Waals surface area contributed by atoms with Crippen molar-refractivity contribution in [1.29, 1.82) is 0 Å². The van der Waals surface area contributed by atoms with E-state index < -0.39 is 0 Å². The number of piperidine rings is 1. The molecular weight excluding hydrogens is 278 g/mol. The first-order valence-corrected chi connectivity index (χ1v) is 8.82. The Hall–Kier alpha value is -1.10. The standard InChI is InChI=1S/C17H29N3O2/c1-13(2)15(21)19-8-3-9-20(11-10-19)16(22)14-12-17(14)4-6-18-7-5-17/h13-14,18H,3-12H2,1-2H3. The van der Waals surface area contributed by atoms with Gasteiger partial charge in [-0.05, 0) is 44.2 Å². The van der Waals surface area contributed by atoms with Crippen molar-refractivity contribution < 1.29 is 9.59 Å². The smallest absolute Gasteiger partial charge is 0.226 e. The average molecular weight is 307 g/mol. The molecule has 1 saturated carbocycles. The van der Waals surface area contributed by atoms with E-state index in [-0.39, 0.29) is 17.7 Å². The first-order valence-electron chi connectivity index (χ1n) is 8.82. The first kappa shape index (κ1) is 15.8. The highest BCUT2D eigenvalue weighted by Gasteiger charge is 2.58. The third-order valence-electron chi connectivity index (χ3n) is 5.70. The molecule has 1 unspecified atom stereocenters. The van der Waals surface area contributed by atoms with E-state index in [9.17, 15) is 9.59 Å². The van der Waals surface area contributed by atoms with Crippen molar-refractivity contribution in [3.05, 3.63) is 0 Å². The van der Waals surface area contributed by atoms with Crippen molar-refractivity contribution in [2.24, 2.45) is 17.3 Å². The van der Waals surface area contributed by atoms with Gasteiger partial charge in [-0.1, -0.05) is 13.8 Å². The van der Waals surface area contributed by atoms with Crippen LogP contribution in [0.5, 0.6) is 0 Å². The highest BCUT2D eigenvalue weighted by molar-refractivity contribution is 5.83. The molecule has 0 aromatic rings. The topological polar surface area (TPSA) is 52.7 Å². The zero-order valence-electron chi connectivity index (χ0n) is 13.9. The summed E-state index contributed by atoms with van der Waals surface area (Å²) in [5, 5.41) is 3.39. The third kappa shape index (κ3) is 3.00. The van der Waals surface area contributed by atoms with Crippen molar-refractivity contribution in [1.82, 2.24) is 15.1 Å². The minimum absolute atomic E-state index is 0.0451. The maximum atomic E-state index is 12.8. The molecule has 2 amide bonds. The summed E-state index contributed by atoms with van der Waals surface area (Å²) in [6, 6.07) is 0. The van der Waals surface area contributed by atoms with Crippen LogP contribution >= 0.6 is 0 Å². The molecule has 2 saturated heterocycles. The zero-order valence-corrected chi connectivity index (χ0v) is 13.9. The lowest BCUT2D eigenvalue weighted by Crippen LogP contribution is -2.40. The minimum Gasteiger partial charge on any atom is -0.341 e. The summed E-state index contributed by atoms with van der Waals surface area (Å²) in [5.74, 6) is 0.863.